The van der Waals surface area contributed by atoms with Crippen LogP contribution >= 0.6 is 11.3 Å². The first-order valence-electron chi connectivity index (χ1n) is 8.95. The van der Waals surface area contributed by atoms with Gasteiger partial charge in [0.2, 0.25) is 0 Å². The molecular weight excluding hydrogens is 362 g/mol. The van der Waals surface area contributed by atoms with Crippen molar-refractivity contribution in [3.05, 3.63) is 35.3 Å². The van der Waals surface area contributed by atoms with Crippen molar-refractivity contribution in [2.45, 2.75) is 13.0 Å². The van der Waals surface area contributed by atoms with Gasteiger partial charge in [-0.05, 0) is 19.1 Å². The van der Waals surface area contributed by atoms with Crippen molar-refractivity contribution >= 4 is 38.3 Å². The van der Waals surface area contributed by atoms with Crippen LogP contribution in [0, 0.1) is 0 Å². The summed E-state index contributed by atoms with van der Waals surface area (Å²) in [7, 11) is 0. The van der Waals surface area contributed by atoms with E-state index >= 15 is 0 Å². The molecule has 27 heavy (non-hydrogen) atoms. The van der Waals surface area contributed by atoms with Crippen LogP contribution in [0.3, 0.4) is 0 Å². The van der Waals surface area contributed by atoms with Gasteiger partial charge >= 0.3 is 0 Å². The second-order valence-electron chi connectivity index (χ2n) is 6.65. The molecule has 5 rings (SSSR count). The van der Waals surface area contributed by atoms with Crippen molar-refractivity contribution in [1.29, 1.82) is 0 Å². The Hall–Kier alpha value is -2.55. The maximum absolute atomic E-state index is 10.0. The smallest absolute Gasteiger partial charge is 0.162 e. The minimum absolute atomic E-state index is 0.525. The molecule has 138 valence electrons. The molecule has 1 atom stereocenters. The van der Waals surface area contributed by atoms with Crippen LogP contribution in [-0.2, 0) is 4.74 Å². The number of nitrogens with zero attached hydrogens (tertiary/aromatic N) is 4. The highest BCUT2D eigenvalue weighted by Gasteiger charge is 2.21. The fraction of sp³-hybridized carbons (Fsp3) is 0.316. The van der Waals surface area contributed by atoms with E-state index < -0.39 is 6.10 Å². The first-order chi connectivity index (χ1) is 13.2. The van der Waals surface area contributed by atoms with E-state index in [1.807, 2.05) is 30.5 Å². The third-order valence-corrected chi connectivity index (χ3v) is 6.11. The number of ether oxygens (including phenoxy) is 1. The topological polar surface area (TPSA) is 87.2 Å². The van der Waals surface area contributed by atoms with E-state index in [0.717, 1.165) is 50.5 Å². The molecule has 0 aliphatic carbocycles. The molecule has 0 saturated carbocycles. The van der Waals surface area contributed by atoms with E-state index in [9.17, 15) is 5.11 Å². The standard InChI is InChI=1S/C19H19N5O2S/c1-11(25)16-9-15-17(27-16)19(24-5-7-26-8-6-24)22-18(21-15)12-3-2-4-14-13(12)10-20-23-14/h2-4,9-11,25H,5-8H2,1H3,(H,20,23)/t11-/m1/s1. The van der Waals surface area contributed by atoms with Crippen LogP contribution in [0.5, 0.6) is 0 Å². The number of H-pyrrole nitrogens is 1. The minimum atomic E-state index is -0.525. The molecule has 4 heterocycles. The van der Waals surface area contributed by atoms with Crippen LogP contribution in [0.25, 0.3) is 32.5 Å². The maximum atomic E-state index is 10.0. The third-order valence-electron chi connectivity index (χ3n) is 4.82. The van der Waals surface area contributed by atoms with Gasteiger partial charge in [0, 0.05) is 28.9 Å². The number of morpholine rings is 1. The Morgan fingerprint density at radius 1 is 1.26 bits per heavy atom. The van der Waals surface area contributed by atoms with Crippen molar-refractivity contribution in [2.24, 2.45) is 0 Å². The van der Waals surface area contributed by atoms with Gasteiger partial charge in [0.25, 0.3) is 0 Å². The highest BCUT2D eigenvalue weighted by Crippen LogP contribution is 2.37. The quantitative estimate of drug-likeness (QED) is 0.567. The molecule has 8 heteroatoms. The van der Waals surface area contributed by atoms with Crippen molar-refractivity contribution in [2.75, 3.05) is 31.2 Å². The third kappa shape index (κ3) is 2.86. The largest absolute Gasteiger partial charge is 0.388 e. The molecule has 0 spiro atoms. The molecule has 7 nitrogen and oxygen atoms in total. The van der Waals surface area contributed by atoms with Crippen LogP contribution in [0.1, 0.15) is 17.9 Å². The minimum Gasteiger partial charge on any atom is -0.388 e. The lowest BCUT2D eigenvalue weighted by Crippen LogP contribution is -2.36. The number of aliphatic hydroxyl groups excluding tert-OH is 1. The lowest BCUT2D eigenvalue weighted by atomic mass is 10.1. The molecule has 3 aromatic heterocycles. The number of aromatic amines is 1. The summed E-state index contributed by atoms with van der Waals surface area (Å²) >= 11 is 1.56. The summed E-state index contributed by atoms with van der Waals surface area (Å²) in [6.45, 7) is 4.74. The Morgan fingerprint density at radius 3 is 2.93 bits per heavy atom. The van der Waals surface area contributed by atoms with Crippen LogP contribution in [0.2, 0.25) is 0 Å². The van der Waals surface area contributed by atoms with E-state index in [-0.39, 0.29) is 0 Å². The summed E-state index contributed by atoms with van der Waals surface area (Å²) in [6, 6.07) is 7.95. The fourth-order valence-electron chi connectivity index (χ4n) is 3.41. The van der Waals surface area contributed by atoms with E-state index in [0.29, 0.717) is 19.0 Å². The van der Waals surface area contributed by atoms with Gasteiger partial charge in [0.1, 0.15) is 0 Å². The fourth-order valence-corrected chi connectivity index (χ4v) is 4.46. The van der Waals surface area contributed by atoms with Gasteiger partial charge in [0.05, 0.1) is 41.2 Å². The predicted molar refractivity (Wildman–Crippen MR) is 106 cm³/mol. The molecule has 1 saturated heterocycles. The zero-order valence-electron chi connectivity index (χ0n) is 14.8. The van der Waals surface area contributed by atoms with Gasteiger partial charge in [-0.3, -0.25) is 5.10 Å². The molecule has 1 aromatic carbocycles. The molecule has 4 aromatic rings. The molecule has 0 amide bonds. The number of aromatic nitrogens is 4. The number of thiophene rings is 1. The average molecular weight is 381 g/mol. The highest BCUT2D eigenvalue weighted by atomic mass is 32.1. The van der Waals surface area contributed by atoms with Crippen LogP contribution < -0.4 is 4.90 Å². The molecule has 1 aliphatic heterocycles. The Bertz CT molecular complexity index is 1110. The zero-order valence-corrected chi connectivity index (χ0v) is 15.7. The molecule has 1 fully saturated rings. The summed E-state index contributed by atoms with van der Waals surface area (Å²) in [5.74, 6) is 1.58. The van der Waals surface area contributed by atoms with E-state index in [1.165, 1.54) is 0 Å². The van der Waals surface area contributed by atoms with Crippen molar-refractivity contribution in [3.8, 4) is 11.4 Å². The van der Waals surface area contributed by atoms with Crippen molar-refractivity contribution in [3.63, 3.8) is 0 Å². The van der Waals surface area contributed by atoms with Gasteiger partial charge in [-0.2, -0.15) is 5.10 Å². The average Bonchev–Trinajstić information content (AvgIpc) is 3.34. The van der Waals surface area contributed by atoms with Gasteiger partial charge in [-0.25, -0.2) is 9.97 Å². The van der Waals surface area contributed by atoms with Gasteiger partial charge in [-0.1, -0.05) is 12.1 Å². The molecule has 0 bridgehead atoms. The normalized spacial score (nSPS) is 16.3. The van der Waals surface area contributed by atoms with E-state index in [4.69, 9.17) is 14.7 Å². The Balaban J connectivity index is 1.74. The highest BCUT2D eigenvalue weighted by molar-refractivity contribution is 7.19. The number of rotatable bonds is 3. The van der Waals surface area contributed by atoms with Crippen molar-refractivity contribution in [1.82, 2.24) is 20.2 Å². The van der Waals surface area contributed by atoms with Gasteiger partial charge in [0.15, 0.2) is 11.6 Å². The second kappa shape index (κ2) is 6.56. The molecule has 2 N–H and O–H groups in total. The second-order valence-corrected chi connectivity index (χ2v) is 7.73. The van der Waals surface area contributed by atoms with E-state index in [2.05, 4.69) is 15.1 Å². The SMILES string of the molecule is C[C@@H](O)c1cc2nc(-c3cccc4[nH]ncc34)nc(N3CCOCC3)c2s1. The Morgan fingerprint density at radius 2 is 2.11 bits per heavy atom. The molecular formula is C19H19N5O2S. The number of hydrogen-bond donors (Lipinski definition) is 2. The van der Waals surface area contributed by atoms with E-state index in [1.54, 1.807) is 18.3 Å². The van der Waals surface area contributed by atoms with Gasteiger partial charge in [-0.15, -0.1) is 11.3 Å². The van der Waals surface area contributed by atoms with Crippen LogP contribution in [0.15, 0.2) is 30.5 Å². The predicted octanol–water partition coefficient (Wildman–Crippen LogP) is 3.12. The van der Waals surface area contributed by atoms with Crippen LogP contribution in [0.4, 0.5) is 5.82 Å². The monoisotopic (exact) mass is 381 g/mol. The lowest BCUT2D eigenvalue weighted by molar-refractivity contribution is 0.122. The van der Waals surface area contributed by atoms with Crippen molar-refractivity contribution < 1.29 is 9.84 Å². The number of aliphatic hydroxyl groups is 1. The summed E-state index contributed by atoms with van der Waals surface area (Å²) in [5.41, 5.74) is 2.77. The number of benzene rings is 1. The zero-order chi connectivity index (χ0) is 18.4. The maximum Gasteiger partial charge on any atom is 0.162 e. The first kappa shape index (κ1) is 16.6. The number of anilines is 1. The Kier molecular flexibility index (Phi) is 4.04. The lowest BCUT2D eigenvalue weighted by Gasteiger charge is -2.28. The summed E-state index contributed by atoms with van der Waals surface area (Å²) in [4.78, 5) is 12.9. The molecule has 1 aliphatic rings. The molecule has 0 unspecified atom stereocenters. The molecule has 0 radical (unpaired) electrons. The summed E-state index contributed by atoms with van der Waals surface area (Å²) in [5, 5.41) is 18.2. The number of hydrogen-bond acceptors (Lipinski definition) is 7. The summed E-state index contributed by atoms with van der Waals surface area (Å²) in [6.07, 6.45) is 1.28. The number of nitrogens with one attached hydrogen (secondary N) is 1. The Labute approximate surface area is 159 Å². The van der Waals surface area contributed by atoms with Gasteiger partial charge < -0.3 is 14.7 Å². The number of fused-ring (bicyclic) bond motifs is 2. The van der Waals surface area contributed by atoms with Crippen LogP contribution in [-0.4, -0.2) is 51.6 Å². The first-order valence-corrected chi connectivity index (χ1v) is 9.77. The summed E-state index contributed by atoms with van der Waals surface area (Å²) < 4.78 is 6.51.